The van der Waals surface area contributed by atoms with E-state index in [9.17, 15) is 14.4 Å². The van der Waals surface area contributed by atoms with Crippen molar-refractivity contribution in [1.29, 1.82) is 0 Å². The summed E-state index contributed by atoms with van der Waals surface area (Å²) in [5, 5.41) is 1.44. The number of likely N-dealkylation sites (N-methyl/N-ethyl adjacent to an activating group) is 2. The number of nitrogens with zero attached hydrogens (tertiary/aromatic N) is 4. The number of ketones is 1. The fraction of sp³-hybridized carbons (Fsp3) is 0.257. The number of aromatic amines is 1. The van der Waals surface area contributed by atoms with Gasteiger partial charge in [0.15, 0.2) is 5.78 Å². The minimum absolute atomic E-state index is 0.00294. The Hall–Kier alpha value is -5.13. The largest absolute Gasteiger partial charge is 0.463 e. The van der Waals surface area contributed by atoms with Crippen LogP contribution in [0.3, 0.4) is 0 Å². The van der Waals surface area contributed by atoms with Gasteiger partial charge in [-0.2, -0.15) is 0 Å². The second-order valence-corrected chi connectivity index (χ2v) is 11.8. The summed E-state index contributed by atoms with van der Waals surface area (Å²) in [5.41, 5.74) is 2.73. The van der Waals surface area contributed by atoms with Crippen molar-refractivity contribution in [3.05, 3.63) is 100 Å². The van der Waals surface area contributed by atoms with Crippen LogP contribution in [0, 0.1) is 5.82 Å². The van der Waals surface area contributed by atoms with Gasteiger partial charge in [0.1, 0.15) is 23.7 Å². The predicted molar refractivity (Wildman–Crippen MR) is 175 cm³/mol. The van der Waals surface area contributed by atoms with Crippen molar-refractivity contribution in [3.8, 4) is 11.1 Å². The number of Topliss-reactive ketones (excluding diaryl/α,β-unsaturated/α-hetero) is 1. The average Bonchev–Trinajstić information content (AvgIpc) is 3.61. The molecule has 0 spiro atoms. The minimum Gasteiger partial charge on any atom is -0.463 e. The number of carbonyl (C=O) groups is 2. The molecule has 0 aliphatic heterocycles. The van der Waals surface area contributed by atoms with Gasteiger partial charge in [-0.25, -0.2) is 9.18 Å². The highest BCUT2D eigenvalue weighted by molar-refractivity contribution is 6.17. The number of benzene rings is 2. The molecule has 46 heavy (non-hydrogen) atoms. The monoisotopic (exact) mass is 623 g/mol. The first-order valence-corrected chi connectivity index (χ1v) is 14.9. The molecule has 0 unspecified atom stereocenters. The van der Waals surface area contributed by atoms with Crippen molar-refractivity contribution in [1.82, 2.24) is 24.3 Å². The Labute approximate surface area is 264 Å². The van der Waals surface area contributed by atoms with Crippen molar-refractivity contribution in [2.75, 3.05) is 47.9 Å². The van der Waals surface area contributed by atoms with E-state index >= 15 is 4.39 Å². The van der Waals surface area contributed by atoms with E-state index in [1.54, 1.807) is 21.6 Å². The second-order valence-electron chi connectivity index (χ2n) is 11.8. The van der Waals surface area contributed by atoms with Crippen molar-refractivity contribution < 1.29 is 23.1 Å². The molecule has 2 aromatic carbocycles. The maximum Gasteiger partial charge on any atom is 0.355 e. The molecule has 1 N–H and O–H groups in total. The highest BCUT2D eigenvalue weighted by atomic mass is 19.1. The number of ether oxygens (including phenoxy) is 1. The number of hydrogen-bond donors (Lipinski definition) is 1. The standard InChI is InChI=1S/C35H34FN5O5/c1-39(2)13-15-46-35(44)32-30(26-9-7-12-37-34(26)43)31-29(18-27(36)25-11-14-45-33(25)31)41(32)19-21-16-22(17-23(42)20-40(3)4)38-28-10-6-5-8-24(21)28/h5-12,14,16,18H,13,15,17,19-20H2,1-4H3,(H,37,43). The SMILES string of the molecule is CN(C)CCOC(=O)c1c(-c2ccc[nH]c2=O)c2c3occc3c(F)cc2n1Cc1cc(CC(=O)CN(C)C)nc2ccccc12. The average molecular weight is 624 g/mol. The zero-order chi connectivity index (χ0) is 32.5. The summed E-state index contributed by atoms with van der Waals surface area (Å²) in [4.78, 5) is 51.3. The maximum absolute atomic E-state index is 15.6. The van der Waals surface area contributed by atoms with E-state index in [0.29, 0.717) is 28.7 Å². The lowest BCUT2D eigenvalue weighted by atomic mass is 10.0. The molecule has 0 bridgehead atoms. The summed E-state index contributed by atoms with van der Waals surface area (Å²) in [7, 11) is 7.40. The Morgan fingerprint density at radius 3 is 2.59 bits per heavy atom. The van der Waals surface area contributed by atoms with E-state index in [4.69, 9.17) is 14.1 Å². The smallest absolute Gasteiger partial charge is 0.355 e. The number of pyridine rings is 2. The Bertz CT molecular complexity index is 2160. The molecule has 0 radical (unpaired) electrons. The van der Waals surface area contributed by atoms with Gasteiger partial charge in [0.05, 0.1) is 46.6 Å². The van der Waals surface area contributed by atoms with Crippen LogP contribution in [0.2, 0.25) is 0 Å². The fourth-order valence-electron chi connectivity index (χ4n) is 5.86. The van der Waals surface area contributed by atoms with E-state index in [-0.39, 0.29) is 59.7 Å². The summed E-state index contributed by atoms with van der Waals surface area (Å²) in [6.07, 6.45) is 3.00. The summed E-state index contributed by atoms with van der Waals surface area (Å²) in [6, 6.07) is 15.5. The molecule has 0 aliphatic rings. The molecule has 6 aromatic rings. The summed E-state index contributed by atoms with van der Waals surface area (Å²) in [6.45, 7) is 0.924. The molecule has 0 amide bonds. The number of rotatable bonds is 11. The van der Waals surface area contributed by atoms with E-state index in [0.717, 1.165) is 10.9 Å². The van der Waals surface area contributed by atoms with Crippen molar-refractivity contribution in [3.63, 3.8) is 0 Å². The lowest BCUT2D eigenvalue weighted by molar-refractivity contribution is -0.119. The number of carbonyl (C=O) groups excluding carboxylic acids is 2. The summed E-state index contributed by atoms with van der Waals surface area (Å²) < 4.78 is 28.9. The van der Waals surface area contributed by atoms with Gasteiger partial charge >= 0.3 is 5.97 Å². The number of fused-ring (bicyclic) bond motifs is 4. The van der Waals surface area contributed by atoms with Crippen LogP contribution in [0.1, 0.15) is 21.7 Å². The highest BCUT2D eigenvalue weighted by Gasteiger charge is 2.30. The van der Waals surface area contributed by atoms with Crippen LogP contribution in [-0.4, -0.2) is 84.0 Å². The van der Waals surface area contributed by atoms with Crippen molar-refractivity contribution in [2.45, 2.75) is 13.0 Å². The molecular weight excluding hydrogens is 589 g/mol. The first-order chi connectivity index (χ1) is 22.1. The molecule has 0 atom stereocenters. The molecule has 10 nitrogen and oxygen atoms in total. The van der Waals surface area contributed by atoms with Gasteiger partial charge in [-0.1, -0.05) is 18.2 Å². The van der Waals surface area contributed by atoms with Crippen molar-refractivity contribution in [2.24, 2.45) is 0 Å². The van der Waals surface area contributed by atoms with E-state index in [1.165, 1.54) is 24.6 Å². The normalized spacial score (nSPS) is 11.8. The van der Waals surface area contributed by atoms with Gasteiger partial charge < -0.3 is 28.5 Å². The molecular formula is C35H34FN5O5. The van der Waals surface area contributed by atoms with E-state index in [2.05, 4.69) is 4.98 Å². The fourth-order valence-corrected chi connectivity index (χ4v) is 5.86. The Balaban J connectivity index is 1.63. The van der Waals surface area contributed by atoms with Crippen molar-refractivity contribution >= 4 is 44.5 Å². The number of furan rings is 1. The topological polar surface area (TPSA) is 114 Å². The van der Waals surface area contributed by atoms with Crippen LogP contribution in [0.25, 0.3) is 43.9 Å². The molecule has 6 rings (SSSR count). The molecule has 0 saturated carbocycles. The van der Waals surface area contributed by atoms with Crippen LogP contribution in [0.15, 0.2) is 76.3 Å². The molecule has 11 heteroatoms. The first-order valence-electron chi connectivity index (χ1n) is 14.9. The zero-order valence-corrected chi connectivity index (χ0v) is 26.1. The van der Waals surface area contributed by atoms with Gasteiger partial charge in [-0.3, -0.25) is 14.6 Å². The van der Waals surface area contributed by atoms with E-state index in [1.807, 2.05) is 63.4 Å². The second kappa shape index (κ2) is 12.7. The third kappa shape index (κ3) is 5.94. The van der Waals surface area contributed by atoms with Gasteiger partial charge in [-0.05, 0) is 70.2 Å². The Morgan fingerprint density at radius 2 is 1.83 bits per heavy atom. The number of esters is 1. The molecule has 0 saturated heterocycles. The predicted octanol–water partition coefficient (Wildman–Crippen LogP) is 4.87. The lowest BCUT2D eigenvalue weighted by Gasteiger charge is -2.16. The molecule has 4 aromatic heterocycles. The first kappa shape index (κ1) is 30.9. The molecule has 0 aliphatic carbocycles. The van der Waals surface area contributed by atoms with Crippen LogP contribution in [0.5, 0.6) is 0 Å². The highest BCUT2D eigenvalue weighted by Crippen LogP contribution is 2.41. The number of nitrogens with one attached hydrogen (secondary N) is 1. The number of halogens is 1. The Morgan fingerprint density at radius 1 is 1.02 bits per heavy atom. The van der Waals surface area contributed by atoms with E-state index < -0.39 is 17.3 Å². The number of para-hydroxylation sites is 1. The minimum atomic E-state index is -0.670. The van der Waals surface area contributed by atoms with Crippen LogP contribution in [-0.2, 0) is 22.5 Å². The molecule has 4 heterocycles. The van der Waals surface area contributed by atoms with Gasteiger partial charge in [0.2, 0.25) is 0 Å². The third-order valence-corrected chi connectivity index (χ3v) is 7.82. The van der Waals surface area contributed by atoms with Gasteiger partial charge in [0, 0.05) is 35.9 Å². The number of aromatic nitrogens is 3. The Kier molecular flexibility index (Phi) is 8.53. The molecule has 0 fully saturated rings. The third-order valence-electron chi connectivity index (χ3n) is 7.82. The lowest BCUT2D eigenvalue weighted by Crippen LogP contribution is -2.23. The van der Waals surface area contributed by atoms with Crippen LogP contribution < -0.4 is 5.56 Å². The number of hydrogen-bond acceptors (Lipinski definition) is 8. The van der Waals surface area contributed by atoms with Crippen LogP contribution in [0.4, 0.5) is 4.39 Å². The quantitative estimate of drug-likeness (QED) is 0.204. The summed E-state index contributed by atoms with van der Waals surface area (Å²) >= 11 is 0. The zero-order valence-electron chi connectivity index (χ0n) is 26.1. The van der Waals surface area contributed by atoms with Crippen LogP contribution >= 0.6 is 0 Å². The van der Waals surface area contributed by atoms with Gasteiger partial charge in [0.25, 0.3) is 5.56 Å². The maximum atomic E-state index is 15.6. The number of H-pyrrole nitrogens is 1. The molecule has 236 valence electrons. The van der Waals surface area contributed by atoms with Gasteiger partial charge in [-0.15, -0.1) is 0 Å². The summed E-state index contributed by atoms with van der Waals surface area (Å²) in [5.74, 6) is -1.20.